The molecule has 0 aromatic heterocycles. The van der Waals surface area contributed by atoms with Gasteiger partial charge in [0.15, 0.2) is 6.10 Å². The van der Waals surface area contributed by atoms with Crippen molar-refractivity contribution in [3.05, 3.63) is 109 Å². The molecule has 0 fully saturated rings. The van der Waals surface area contributed by atoms with Gasteiger partial charge in [-0.2, -0.15) is 0 Å². The van der Waals surface area contributed by atoms with E-state index in [1.54, 1.807) is 0 Å². The topological polar surface area (TPSA) is 78.9 Å². The monoisotopic (exact) mass is 999 g/mol. The maximum Gasteiger partial charge on any atom is 0.306 e. The van der Waals surface area contributed by atoms with Crippen molar-refractivity contribution in [2.45, 2.75) is 277 Å². The molecule has 72 heavy (non-hydrogen) atoms. The highest BCUT2D eigenvalue weighted by molar-refractivity contribution is 5.71. The maximum atomic E-state index is 12.9. The van der Waals surface area contributed by atoms with E-state index in [-0.39, 0.29) is 37.5 Å². The van der Waals surface area contributed by atoms with Crippen molar-refractivity contribution < 1.29 is 28.6 Å². The highest BCUT2D eigenvalue weighted by atomic mass is 16.6. The lowest BCUT2D eigenvalue weighted by Crippen LogP contribution is -2.30. The molecule has 0 saturated heterocycles. The van der Waals surface area contributed by atoms with Crippen LogP contribution in [-0.2, 0) is 28.6 Å². The molecule has 6 heteroatoms. The van der Waals surface area contributed by atoms with Gasteiger partial charge in [-0.05, 0) is 116 Å². The van der Waals surface area contributed by atoms with E-state index in [4.69, 9.17) is 14.2 Å². The Morgan fingerprint density at radius 3 is 0.944 bits per heavy atom. The normalized spacial score (nSPS) is 12.9. The molecule has 0 N–H and O–H groups in total. The molecule has 0 aromatic carbocycles. The third-order valence-corrected chi connectivity index (χ3v) is 12.5. The Morgan fingerprint density at radius 1 is 0.292 bits per heavy atom. The number of ether oxygens (including phenoxy) is 3. The summed E-state index contributed by atoms with van der Waals surface area (Å²) in [6.45, 7) is 6.43. The zero-order valence-corrected chi connectivity index (χ0v) is 46.9. The van der Waals surface area contributed by atoms with E-state index in [0.29, 0.717) is 19.3 Å². The molecule has 0 aliphatic carbocycles. The van der Waals surface area contributed by atoms with Crippen molar-refractivity contribution in [1.82, 2.24) is 0 Å². The molecule has 0 radical (unpaired) electrons. The van der Waals surface area contributed by atoms with E-state index < -0.39 is 6.10 Å². The number of allylic oxidation sites excluding steroid dienone is 18. The molecule has 0 heterocycles. The van der Waals surface area contributed by atoms with E-state index in [2.05, 4.69) is 124 Å². The number of esters is 3. The van der Waals surface area contributed by atoms with Gasteiger partial charge in [-0.1, -0.05) is 246 Å². The number of rotatable bonds is 53. The molecule has 6 nitrogen and oxygen atoms in total. The van der Waals surface area contributed by atoms with Gasteiger partial charge in [-0.3, -0.25) is 14.4 Å². The number of carbonyl (C=O) groups is 3. The molecule has 0 spiro atoms. The fraction of sp³-hybridized carbons (Fsp3) is 0.682. The summed E-state index contributed by atoms with van der Waals surface area (Å²) in [6.07, 6.45) is 81.0. The Hall–Kier alpha value is -3.93. The van der Waals surface area contributed by atoms with Gasteiger partial charge < -0.3 is 14.2 Å². The standard InChI is InChI=1S/C66H110O6/c1-4-7-10-13-16-19-22-25-27-29-31-32-33-34-35-37-38-41-44-47-50-53-56-59-65(68)71-62-63(61-70-64(67)58-55-52-49-46-43-40-24-21-18-15-12-9-6-3)72-66(69)60-57-54-51-48-45-42-39-36-30-28-26-23-20-17-14-11-8-5-2/h9,12,18,20-23,25,28-31,33-34,40,43,49,52,63H,4-8,10-11,13-17,19,24,26-27,32,35-39,41-42,44-48,50-51,53-62H2,1-3H3/b12-9-,21-18-,23-20-,25-22-,30-28-,31-29-,34-33-,43-40-,52-49-. The summed E-state index contributed by atoms with van der Waals surface area (Å²) < 4.78 is 16.8. The summed E-state index contributed by atoms with van der Waals surface area (Å²) in [5.74, 6) is -1.01. The lowest BCUT2D eigenvalue weighted by atomic mass is 10.1. The van der Waals surface area contributed by atoms with E-state index in [9.17, 15) is 14.4 Å². The SMILES string of the molecule is CC/C=C\C/C=C\C/C=C\C/C=C\CCC(=O)OCC(COC(=O)CCCCCCCCCC/C=C\C/C=C\C/C=C\CCCCCCC)OC(=O)CCCCCCCCC/C=C\C/C=C\CCCCCC. The van der Waals surface area contributed by atoms with Crippen LogP contribution in [0.15, 0.2) is 109 Å². The minimum Gasteiger partial charge on any atom is -0.462 e. The third-order valence-electron chi connectivity index (χ3n) is 12.5. The number of carbonyl (C=O) groups excluding carboxylic acids is 3. The highest BCUT2D eigenvalue weighted by Gasteiger charge is 2.19. The molecule has 0 aliphatic rings. The summed E-state index contributed by atoms with van der Waals surface area (Å²) in [5, 5.41) is 0. The molecule has 1 unspecified atom stereocenters. The van der Waals surface area contributed by atoms with E-state index in [1.807, 2.05) is 6.08 Å². The van der Waals surface area contributed by atoms with Gasteiger partial charge in [0.2, 0.25) is 0 Å². The number of hydrogen-bond donors (Lipinski definition) is 0. The first kappa shape index (κ1) is 68.1. The molecule has 0 rings (SSSR count). The molecule has 0 aromatic rings. The van der Waals surface area contributed by atoms with Gasteiger partial charge in [0.25, 0.3) is 0 Å². The van der Waals surface area contributed by atoms with Crippen LogP contribution in [0.2, 0.25) is 0 Å². The van der Waals surface area contributed by atoms with Crippen molar-refractivity contribution in [3.63, 3.8) is 0 Å². The van der Waals surface area contributed by atoms with Crippen LogP contribution in [-0.4, -0.2) is 37.2 Å². The molecule has 0 saturated carbocycles. The second kappa shape index (κ2) is 59.6. The smallest absolute Gasteiger partial charge is 0.306 e. The summed E-state index contributed by atoms with van der Waals surface area (Å²) in [4.78, 5) is 38.2. The van der Waals surface area contributed by atoms with Crippen molar-refractivity contribution in [1.29, 1.82) is 0 Å². The van der Waals surface area contributed by atoms with Crippen molar-refractivity contribution >= 4 is 17.9 Å². The van der Waals surface area contributed by atoms with Gasteiger partial charge in [0, 0.05) is 19.3 Å². The predicted octanol–water partition coefficient (Wildman–Crippen LogP) is 20.3. The van der Waals surface area contributed by atoms with Crippen LogP contribution in [0.3, 0.4) is 0 Å². The van der Waals surface area contributed by atoms with Gasteiger partial charge in [-0.25, -0.2) is 0 Å². The van der Waals surface area contributed by atoms with Crippen molar-refractivity contribution in [3.8, 4) is 0 Å². The Kier molecular flexibility index (Phi) is 56.4. The van der Waals surface area contributed by atoms with Crippen LogP contribution in [0.25, 0.3) is 0 Å². The van der Waals surface area contributed by atoms with Crippen molar-refractivity contribution in [2.75, 3.05) is 13.2 Å². The van der Waals surface area contributed by atoms with Crippen LogP contribution in [0.1, 0.15) is 271 Å². The Balaban J connectivity index is 4.43. The lowest BCUT2D eigenvalue weighted by molar-refractivity contribution is -0.166. The molecule has 410 valence electrons. The van der Waals surface area contributed by atoms with Crippen LogP contribution >= 0.6 is 0 Å². The highest BCUT2D eigenvalue weighted by Crippen LogP contribution is 2.14. The van der Waals surface area contributed by atoms with Gasteiger partial charge in [0.1, 0.15) is 13.2 Å². The molecule has 0 bridgehead atoms. The Labute approximate surface area is 444 Å². The fourth-order valence-corrected chi connectivity index (χ4v) is 8.02. The minimum absolute atomic E-state index is 0.109. The summed E-state index contributed by atoms with van der Waals surface area (Å²) in [5.41, 5.74) is 0. The molecular weight excluding hydrogens is 889 g/mol. The summed E-state index contributed by atoms with van der Waals surface area (Å²) >= 11 is 0. The summed E-state index contributed by atoms with van der Waals surface area (Å²) in [7, 11) is 0. The lowest BCUT2D eigenvalue weighted by Gasteiger charge is -2.18. The average Bonchev–Trinajstić information content (AvgIpc) is 3.38. The van der Waals surface area contributed by atoms with Crippen LogP contribution < -0.4 is 0 Å². The molecule has 0 aliphatic heterocycles. The quantitative estimate of drug-likeness (QED) is 0.0261. The number of unbranched alkanes of at least 4 members (excludes halogenated alkanes) is 24. The maximum absolute atomic E-state index is 12.9. The fourth-order valence-electron chi connectivity index (χ4n) is 8.02. The zero-order valence-electron chi connectivity index (χ0n) is 46.9. The predicted molar refractivity (Wildman–Crippen MR) is 311 cm³/mol. The minimum atomic E-state index is -0.817. The van der Waals surface area contributed by atoms with Gasteiger partial charge in [0.05, 0.1) is 0 Å². The number of hydrogen-bond acceptors (Lipinski definition) is 6. The first-order valence-electron chi connectivity index (χ1n) is 29.9. The first-order chi connectivity index (χ1) is 35.5. The second-order valence-corrected chi connectivity index (χ2v) is 19.5. The Morgan fingerprint density at radius 2 is 0.569 bits per heavy atom. The van der Waals surface area contributed by atoms with Crippen LogP contribution in [0.4, 0.5) is 0 Å². The van der Waals surface area contributed by atoms with Crippen LogP contribution in [0.5, 0.6) is 0 Å². The van der Waals surface area contributed by atoms with E-state index >= 15 is 0 Å². The van der Waals surface area contributed by atoms with Gasteiger partial charge in [-0.15, -0.1) is 0 Å². The van der Waals surface area contributed by atoms with E-state index in [1.165, 1.54) is 128 Å². The largest absolute Gasteiger partial charge is 0.462 e. The summed E-state index contributed by atoms with van der Waals surface area (Å²) in [6, 6.07) is 0. The molecular formula is C66H110O6. The third kappa shape index (κ3) is 57.0. The zero-order chi connectivity index (χ0) is 52.2. The van der Waals surface area contributed by atoms with E-state index in [0.717, 1.165) is 96.3 Å². The van der Waals surface area contributed by atoms with Gasteiger partial charge >= 0.3 is 17.9 Å². The molecule has 1 atom stereocenters. The average molecular weight is 1000 g/mol. The Bertz CT molecular complexity index is 1470. The van der Waals surface area contributed by atoms with Crippen molar-refractivity contribution in [2.24, 2.45) is 0 Å². The molecule has 0 amide bonds. The second-order valence-electron chi connectivity index (χ2n) is 19.5. The van der Waals surface area contributed by atoms with Crippen LogP contribution in [0, 0.1) is 0 Å². The first-order valence-corrected chi connectivity index (χ1v) is 29.9.